The van der Waals surface area contributed by atoms with Gasteiger partial charge in [-0.05, 0) is 98.9 Å². The van der Waals surface area contributed by atoms with Gasteiger partial charge in [0.15, 0.2) is 0 Å². The smallest absolute Gasteiger partial charge is 0.410 e. The van der Waals surface area contributed by atoms with Gasteiger partial charge in [-0.1, -0.05) is 48.9 Å². The second-order valence-electron chi connectivity index (χ2n) is 13.0. The summed E-state index contributed by atoms with van der Waals surface area (Å²) in [5, 5.41) is 12.0. The average Bonchev–Trinajstić information content (AvgIpc) is 3.65. The Labute approximate surface area is 258 Å². The van der Waals surface area contributed by atoms with E-state index >= 15 is 0 Å². The van der Waals surface area contributed by atoms with Crippen molar-refractivity contribution in [3.05, 3.63) is 81.7 Å². The molecule has 4 unspecified atom stereocenters. The van der Waals surface area contributed by atoms with E-state index in [2.05, 4.69) is 44.2 Å². The number of rotatable bonds is 6. The van der Waals surface area contributed by atoms with Crippen LogP contribution in [0.1, 0.15) is 91.1 Å². The van der Waals surface area contributed by atoms with Gasteiger partial charge in [-0.15, -0.1) is 11.3 Å². The highest BCUT2D eigenvalue weighted by Gasteiger charge is 2.63. The normalized spacial score (nSPS) is 27.8. The lowest BCUT2D eigenvalue weighted by atomic mass is 9.65. The van der Waals surface area contributed by atoms with Gasteiger partial charge in [0, 0.05) is 35.9 Å². The molecule has 43 heavy (non-hydrogen) atoms. The van der Waals surface area contributed by atoms with Crippen LogP contribution in [0, 0.1) is 5.41 Å². The standard InChI is InChI=1S/C36H43NO5S/c1-24-8-6-16-35(2)30(15-17-36(35)23-37(34(40)42-36)18-7-19-41-3)28-14-12-25(20-27(38)13-11-24)21-29(28)33(39)32-22-26-9-4-5-10-31(26)43-32/h4-5,8-10,12,14,21-22,27,30,38H,6-7,11,13,15-20,23H2,1-3H3. The molecule has 1 saturated heterocycles. The molecule has 1 amide bonds. The lowest BCUT2D eigenvalue weighted by molar-refractivity contribution is -0.0373. The maximum absolute atomic E-state index is 14.4. The number of ketones is 1. The third-order valence-corrected chi connectivity index (χ3v) is 11.4. The number of aliphatic hydroxyl groups excluding tert-OH is 1. The Bertz CT molecular complexity index is 1510. The maximum Gasteiger partial charge on any atom is 0.410 e. The van der Waals surface area contributed by atoms with Crippen LogP contribution in [0.2, 0.25) is 0 Å². The topological polar surface area (TPSA) is 76.1 Å². The Morgan fingerprint density at radius 2 is 2.00 bits per heavy atom. The molecular formula is C36H43NO5S. The molecule has 2 aromatic carbocycles. The van der Waals surface area contributed by atoms with Crippen molar-refractivity contribution in [2.45, 2.75) is 82.8 Å². The van der Waals surface area contributed by atoms with Crippen LogP contribution in [0.3, 0.4) is 0 Å². The summed E-state index contributed by atoms with van der Waals surface area (Å²) < 4.78 is 12.8. The minimum atomic E-state index is -0.618. The second-order valence-corrected chi connectivity index (χ2v) is 14.1. The number of fused-ring (bicyclic) bond motifs is 9. The quantitative estimate of drug-likeness (QED) is 0.178. The van der Waals surface area contributed by atoms with E-state index in [1.807, 2.05) is 29.2 Å². The van der Waals surface area contributed by atoms with Gasteiger partial charge >= 0.3 is 6.09 Å². The molecule has 1 aliphatic heterocycles. The van der Waals surface area contributed by atoms with Crippen LogP contribution >= 0.6 is 11.3 Å². The van der Waals surface area contributed by atoms with Crippen LogP contribution in [0.4, 0.5) is 4.79 Å². The minimum absolute atomic E-state index is 0.0308. The van der Waals surface area contributed by atoms with Crippen molar-refractivity contribution >= 4 is 33.3 Å². The Kier molecular flexibility index (Phi) is 8.51. The fourth-order valence-corrected chi connectivity index (χ4v) is 8.80. The van der Waals surface area contributed by atoms with Gasteiger partial charge in [0.1, 0.15) is 5.60 Å². The molecule has 0 radical (unpaired) electrons. The Hall–Kier alpha value is -3.00. The van der Waals surface area contributed by atoms with E-state index < -0.39 is 11.7 Å². The molecule has 6 nitrogen and oxygen atoms in total. The third-order valence-electron chi connectivity index (χ3n) is 10.3. The van der Waals surface area contributed by atoms with Crippen molar-refractivity contribution < 1.29 is 24.2 Å². The largest absolute Gasteiger partial charge is 0.440 e. The fraction of sp³-hybridized carbons (Fsp3) is 0.500. The number of benzene rings is 2. The first-order chi connectivity index (χ1) is 20.7. The van der Waals surface area contributed by atoms with Gasteiger partial charge in [0.25, 0.3) is 0 Å². The van der Waals surface area contributed by atoms with Crippen molar-refractivity contribution in [2.24, 2.45) is 5.41 Å². The number of nitrogens with zero attached hydrogens (tertiary/aromatic N) is 1. The highest BCUT2D eigenvalue weighted by atomic mass is 32.1. The summed E-state index contributed by atoms with van der Waals surface area (Å²) in [6, 6.07) is 16.4. The first kappa shape index (κ1) is 30.0. The van der Waals surface area contributed by atoms with E-state index in [1.165, 1.54) is 16.9 Å². The minimum Gasteiger partial charge on any atom is -0.440 e. The molecule has 4 aliphatic rings. The number of carbonyl (C=O) groups is 2. The summed E-state index contributed by atoms with van der Waals surface area (Å²) >= 11 is 1.53. The highest BCUT2D eigenvalue weighted by Crippen LogP contribution is 2.61. The van der Waals surface area contributed by atoms with Gasteiger partial charge in [0.05, 0.1) is 17.5 Å². The van der Waals surface area contributed by atoms with Gasteiger partial charge < -0.3 is 19.5 Å². The molecule has 2 bridgehead atoms. The summed E-state index contributed by atoms with van der Waals surface area (Å²) in [5.41, 5.74) is 3.03. The SMILES string of the molecule is COCCCN1CC2(CCC3c4ccc(cc4C(=O)c4cc5ccccc5s4)CC(O)CCC(C)=CCCC32C)OC1=O. The molecule has 2 fully saturated rings. The number of amides is 1. The lowest BCUT2D eigenvalue weighted by Crippen LogP contribution is -2.48. The Balaban J connectivity index is 1.43. The van der Waals surface area contributed by atoms with Crippen molar-refractivity contribution in [2.75, 3.05) is 26.8 Å². The van der Waals surface area contributed by atoms with Crippen molar-refractivity contribution in [3.8, 4) is 0 Å². The molecule has 1 aromatic heterocycles. The number of allylic oxidation sites excluding steroid dienone is 2. The predicted octanol–water partition coefficient (Wildman–Crippen LogP) is 7.67. The van der Waals surface area contributed by atoms with Crippen molar-refractivity contribution in [3.63, 3.8) is 0 Å². The molecule has 1 saturated carbocycles. The summed E-state index contributed by atoms with van der Waals surface area (Å²) in [4.78, 5) is 30.2. The van der Waals surface area contributed by atoms with Crippen molar-refractivity contribution in [1.82, 2.24) is 4.90 Å². The molecule has 3 aliphatic carbocycles. The van der Waals surface area contributed by atoms with Gasteiger partial charge in [-0.25, -0.2) is 4.79 Å². The molecule has 3 aromatic rings. The average molecular weight is 602 g/mol. The van der Waals surface area contributed by atoms with Crippen LogP contribution in [-0.4, -0.2) is 60.4 Å². The summed E-state index contributed by atoms with van der Waals surface area (Å²) in [6.45, 7) is 6.21. The first-order valence-corrected chi connectivity index (χ1v) is 16.5. The van der Waals surface area contributed by atoms with E-state index in [1.54, 1.807) is 7.11 Å². The Morgan fingerprint density at radius 3 is 2.81 bits per heavy atom. The van der Waals surface area contributed by atoms with Gasteiger partial charge in [-0.3, -0.25) is 4.79 Å². The van der Waals surface area contributed by atoms with Crippen molar-refractivity contribution in [1.29, 1.82) is 0 Å². The molecule has 7 rings (SSSR count). The molecule has 228 valence electrons. The molecule has 7 heteroatoms. The zero-order valence-corrected chi connectivity index (χ0v) is 26.4. The zero-order valence-electron chi connectivity index (χ0n) is 25.6. The number of methoxy groups -OCH3 is 1. The summed E-state index contributed by atoms with van der Waals surface area (Å²) in [6.07, 6.45) is 7.69. The van der Waals surface area contributed by atoms with E-state index in [0.29, 0.717) is 32.5 Å². The number of hydrogen-bond acceptors (Lipinski definition) is 6. The number of carbonyl (C=O) groups excluding carboxylic acids is 2. The molecule has 1 N–H and O–H groups in total. The lowest BCUT2D eigenvalue weighted by Gasteiger charge is -2.43. The molecule has 1 spiro atoms. The third kappa shape index (κ3) is 5.67. The van der Waals surface area contributed by atoms with Crippen LogP contribution < -0.4 is 0 Å². The molecular weight excluding hydrogens is 558 g/mol. The fourth-order valence-electron chi connectivity index (χ4n) is 7.78. The summed E-state index contributed by atoms with van der Waals surface area (Å²) in [7, 11) is 1.68. The highest BCUT2D eigenvalue weighted by molar-refractivity contribution is 7.21. The monoisotopic (exact) mass is 601 g/mol. The van der Waals surface area contributed by atoms with E-state index in [4.69, 9.17) is 9.47 Å². The predicted molar refractivity (Wildman–Crippen MR) is 171 cm³/mol. The van der Waals surface area contributed by atoms with E-state index in [9.17, 15) is 14.7 Å². The van der Waals surface area contributed by atoms with Gasteiger partial charge in [0.2, 0.25) is 5.78 Å². The first-order valence-electron chi connectivity index (χ1n) is 15.7. The summed E-state index contributed by atoms with van der Waals surface area (Å²) in [5.74, 6) is 0.0754. The van der Waals surface area contributed by atoms with Crippen LogP contribution in [0.15, 0.2) is 60.2 Å². The zero-order chi connectivity index (χ0) is 30.2. The van der Waals surface area contributed by atoms with Crippen LogP contribution in [-0.2, 0) is 15.9 Å². The second kappa shape index (κ2) is 12.2. The molecule has 4 atom stereocenters. The van der Waals surface area contributed by atoms with Crippen LogP contribution in [0.5, 0.6) is 0 Å². The molecule has 2 heterocycles. The van der Waals surface area contributed by atoms with E-state index in [0.717, 1.165) is 70.2 Å². The van der Waals surface area contributed by atoms with Crippen LogP contribution in [0.25, 0.3) is 10.1 Å². The number of ether oxygens (including phenoxy) is 2. The number of hydrogen-bond donors (Lipinski definition) is 1. The van der Waals surface area contributed by atoms with E-state index in [-0.39, 0.29) is 23.2 Å². The Morgan fingerprint density at radius 1 is 1.16 bits per heavy atom. The number of aliphatic hydroxyl groups is 1. The maximum atomic E-state index is 14.4. The number of thiophene rings is 1. The van der Waals surface area contributed by atoms with Gasteiger partial charge in [-0.2, -0.15) is 0 Å².